The van der Waals surface area contributed by atoms with Crippen LogP contribution in [0.1, 0.15) is 18.4 Å². The molecule has 4 rings (SSSR count). The molecule has 1 fully saturated rings. The normalized spacial score (nSPS) is 13.3. The van der Waals surface area contributed by atoms with Crippen molar-refractivity contribution in [3.63, 3.8) is 0 Å². The molecule has 3 aromatic rings. The average molecular weight is 346 g/mol. The molecule has 1 aliphatic rings. The van der Waals surface area contributed by atoms with Gasteiger partial charge in [0.1, 0.15) is 11.6 Å². The number of nitrogens with one attached hydrogen (secondary N) is 2. The van der Waals surface area contributed by atoms with E-state index in [1.807, 2.05) is 36.4 Å². The number of benzene rings is 2. The average Bonchev–Trinajstić information content (AvgIpc) is 3.46. The molecule has 26 heavy (non-hydrogen) atoms. The summed E-state index contributed by atoms with van der Waals surface area (Å²) in [6, 6.07) is 18.6. The highest BCUT2D eigenvalue weighted by atomic mass is 16.5. The molecular weight excluding hydrogens is 324 g/mol. The predicted molar refractivity (Wildman–Crippen MR) is 105 cm³/mol. The number of hydrogen-bond acceptors (Lipinski definition) is 5. The summed E-state index contributed by atoms with van der Waals surface area (Å²) in [6.07, 6.45) is 2.35. The Labute approximate surface area is 153 Å². The largest absolute Gasteiger partial charge is 0.495 e. The molecule has 132 valence electrons. The van der Waals surface area contributed by atoms with Gasteiger partial charge in [-0.05, 0) is 37.5 Å². The van der Waals surface area contributed by atoms with E-state index in [1.54, 1.807) is 7.11 Å². The van der Waals surface area contributed by atoms with Gasteiger partial charge in [0, 0.05) is 17.7 Å². The quantitative estimate of drug-likeness (QED) is 0.673. The molecule has 0 bridgehead atoms. The molecule has 1 aromatic heterocycles. The minimum absolute atomic E-state index is 0.488. The van der Waals surface area contributed by atoms with E-state index >= 15 is 0 Å². The Morgan fingerprint density at radius 2 is 1.81 bits per heavy atom. The van der Waals surface area contributed by atoms with Crippen LogP contribution in [0.4, 0.5) is 17.5 Å². The Bertz CT molecular complexity index is 907. The van der Waals surface area contributed by atoms with E-state index in [-0.39, 0.29) is 0 Å². The molecule has 5 nitrogen and oxygen atoms in total. The van der Waals surface area contributed by atoms with Crippen LogP contribution in [-0.4, -0.2) is 23.1 Å². The second-order valence-electron chi connectivity index (χ2n) is 6.58. The van der Waals surface area contributed by atoms with Gasteiger partial charge in [-0.3, -0.25) is 0 Å². The van der Waals surface area contributed by atoms with Crippen LogP contribution in [0.5, 0.6) is 5.75 Å². The minimum atomic E-state index is 0.488. The van der Waals surface area contributed by atoms with Gasteiger partial charge in [-0.15, -0.1) is 0 Å². The Morgan fingerprint density at radius 3 is 2.54 bits per heavy atom. The summed E-state index contributed by atoms with van der Waals surface area (Å²) in [7, 11) is 1.67. The van der Waals surface area contributed by atoms with Crippen LogP contribution in [0.25, 0.3) is 11.3 Å². The number of ether oxygens (including phenoxy) is 1. The third-order valence-electron chi connectivity index (χ3n) is 4.32. The molecule has 0 radical (unpaired) electrons. The van der Waals surface area contributed by atoms with Gasteiger partial charge in [0.25, 0.3) is 0 Å². The molecule has 2 N–H and O–H groups in total. The van der Waals surface area contributed by atoms with Crippen molar-refractivity contribution in [1.29, 1.82) is 0 Å². The fourth-order valence-corrected chi connectivity index (χ4v) is 2.80. The zero-order valence-corrected chi connectivity index (χ0v) is 15.0. The van der Waals surface area contributed by atoms with Crippen molar-refractivity contribution in [3.8, 4) is 17.0 Å². The first-order valence-corrected chi connectivity index (χ1v) is 8.84. The van der Waals surface area contributed by atoms with Gasteiger partial charge in [0.15, 0.2) is 0 Å². The number of aryl methyl sites for hydroxylation is 1. The Hall–Kier alpha value is -3.08. The molecule has 0 unspecified atom stereocenters. The Balaban J connectivity index is 1.71. The maximum Gasteiger partial charge on any atom is 0.225 e. The van der Waals surface area contributed by atoms with Crippen LogP contribution in [0.3, 0.4) is 0 Å². The lowest BCUT2D eigenvalue weighted by molar-refractivity contribution is 0.416. The first-order valence-electron chi connectivity index (χ1n) is 8.84. The topological polar surface area (TPSA) is 59.1 Å². The first-order chi connectivity index (χ1) is 12.7. The molecule has 1 saturated carbocycles. The summed E-state index contributed by atoms with van der Waals surface area (Å²) >= 11 is 0. The summed E-state index contributed by atoms with van der Waals surface area (Å²) in [5.41, 5.74) is 4.00. The van der Waals surface area contributed by atoms with E-state index < -0.39 is 0 Å². The summed E-state index contributed by atoms with van der Waals surface area (Å²) in [6.45, 7) is 2.06. The molecule has 0 atom stereocenters. The number of anilines is 3. The second-order valence-corrected chi connectivity index (χ2v) is 6.58. The summed E-state index contributed by atoms with van der Waals surface area (Å²) in [5.74, 6) is 2.18. The fourth-order valence-electron chi connectivity index (χ4n) is 2.80. The van der Waals surface area contributed by atoms with E-state index in [4.69, 9.17) is 9.72 Å². The number of nitrogens with zero attached hydrogens (tertiary/aromatic N) is 2. The van der Waals surface area contributed by atoms with E-state index in [0.717, 1.165) is 34.1 Å². The van der Waals surface area contributed by atoms with Crippen molar-refractivity contribution >= 4 is 17.5 Å². The fraction of sp³-hybridized carbons (Fsp3) is 0.238. The van der Waals surface area contributed by atoms with Crippen LogP contribution in [0.2, 0.25) is 0 Å². The predicted octanol–water partition coefficient (Wildman–Crippen LogP) is 4.78. The minimum Gasteiger partial charge on any atom is -0.495 e. The number of aromatic nitrogens is 2. The summed E-state index contributed by atoms with van der Waals surface area (Å²) in [4.78, 5) is 9.34. The van der Waals surface area contributed by atoms with E-state index in [9.17, 15) is 0 Å². The van der Waals surface area contributed by atoms with Gasteiger partial charge >= 0.3 is 0 Å². The lowest BCUT2D eigenvalue weighted by atomic mass is 10.1. The second kappa shape index (κ2) is 7.04. The van der Waals surface area contributed by atoms with Crippen molar-refractivity contribution in [2.24, 2.45) is 0 Å². The van der Waals surface area contributed by atoms with Crippen molar-refractivity contribution in [2.75, 3.05) is 17.7 Å². The highest BCUT2D eigenvalue weighted by molar-refractivity contribution is 5.70. The van der Waals surface area contributed by atoms with Crippen molar-refractivity contribution in [2.45, 2.75) is 25.8 Å². The van der Waals surface area contributed by atoms with Gasteiger partial charge in [0.05, 0.1) is 18.5 Å². The van der Waals surface area contributed by atoms with Gasteiger partial charge in [-0.25, -0.2) is 4.98 Å². The molecule has 1 aliphatic carbocycles. The summed E-state index contributed by atoms with van der Waals surface area (Å²) in [5, 5.41) is 6.79. The molecule has 5 heteroatoms. The van der Waals surface area contributed by atoms with Crippen LogP contribution in [0.15, 0.2) is 54.6 Å². The monoisotopic (exact) mass is 346 g/mol. The maximum atomic E-state index is 5.47. The standard InChI is InChI=1S/C21H22N4O/c1-14-8-11-19(26-2)18(12-14)23-20-13-17(15-6-4-3-5-7-15)24-21(25-20)22-16-9-10-16/h3-8,11-13,16H,9-10H2,1-2H3,(H2,22,23,24,25). The van der Waals surface area contributed by atoms with E-state index in [2.05, 4.69) is 40.7 Å². The lowest BCUT2D eigenvalue weighted by Gasteiger charge is -2.14. The summed E-state index contributed by atoms with van der Waals surface area (Å²) < 4.78 is 5.47. The van der Waals surface area contributed by atoms with Gasteiger partial charge in [-0.1, -0.05) is 36.4 Å². The number of hydrogen-bond donors (Lipinski definition) is 2. The molecule has 2 aromatic carbocycles. The van der Waals surface area contributed by atoms with Gasteiger partial charge in [-0.2, -0.15) is 4.98 Å². The van der Waals surface area contributed by atoms with Gasteiger partial charge < -0.3 is 15.4 Å². The Kier molecular flexibility index (Phi) is 4.44. The molecule has 0 amide bonds. The lowest BCUT2D eigenvalue weighted by Crippen LogP contribution is -2.08. The van der Waals surface area contributed by atoms with Crippen molar-refractivity contribution < 1.29 is 4.74 Å². The van der Waals surface area contributed by atoms with Crippen molar-refractivity contribution in [1.82, 2.24) is 9.97 Å². The van der Waals surface area contributed by atoms with Crippen LogP contribution >= 0.6 is 0 Å². The highest BCUT2D eigenvalue weighted by Gasteiger charge is 2.22. The SMILES string of the molecule is COc1ccc(C)cc1Nc1cc(-c2ccccc2)nc(NC2CC2)n1. The molecule has 0 aliphatic heterocycles. The van der Waals surface area contributed by atoms with E-state index in [1.165, 1.54) is 12.8 Å². The number of rotatable bonds is 6. The van der Waals surface area contributed by atoms with Crippen molar-refractivity contribution in [3.05, 3.63) is 60.2 Å². The smallest absolute Gasteiger partial charge is 0.225 e. The van der Waals surface area contributed by atoms with Crippen LogP contribution in [-0.2, 0) is 0 Å². The zero-order chi connectivity index (χ0) is 17.9. The number of methoxy groups -OCH3 is 1. The molecule has 0 spiro atoms. The van der Waals surface area contributed by atoms with Crippen LogP contribution < -0.4 is 15.4 Å². The molecular formula is C21H22N4O. The zero-order valence-electron chi connectivity index (χ0n) is 15.0. The maximum absolute atomic E-state index is 5.47. The first kappa shape index (κ1) is 16.4. The van der Waals surface area contributed by atoms with Gasteiger partial charge in [0.2, 0.25) is 5.95 Å². The third kappa shape index (κ3) is 3.77. The van der Waals surface area contributed by atoms with Crippen LogP contribution in [0, 0.1) is 6.92 Å². The highest BCUT2D eigenvalue weighted by Crippen LogP contribution is 2.31. The molecule has 1 heterocycles. The van der Waals surface area contributed by atoms with E-state index in [0.29, 0.717) is 12.0 Å². The molecule has 0 saturated heterocycles. The third-order valence-corrected chi connectivity index (χ3v) is 4.32. The Morgan fingerprint density at radius 1 is 1.00 bits per heavy atom.